The number of aromatic nitrogens is 1. The van der Waals surface area contributed by atoms with E-state index in [1.807, 2.05) is 0 Å². The zero-order chi connectivity index (χ0) is 23.5. The van der Waals surface area contributed by atoms with Gasteiger partial charge in [0.25, 0.3) is 0 Å². The first-order chi connectivity index (χ1) is 16.0. The molecule has 9 heteroatoms. The van der Waals surface area contributed by atoms with Gasteiger partial charge >= 0.3 is 12.0 Å². The molecule has 1 unspecified atom stereocenters. The molecule has 3 rings (SSSR count). The fourth-order valence-electron chi connectivity index (χ4n) is 4.43. The summed E-state index contributed by atoms with van der Waals surface area (Å²) in [6.45, 7) is 1.17. The Hall–Kier alpha value is -2.84. The molecular weight excluding hydrogens is 422 g/mol. The highest BCUT2D eigenvalue weighted by molar-refractivity contribution is 5.82. The van der Waals surface area contributed by atoms with Gasteiger partial charge in [-0.1, -0.05) is 25.3 Å². The lowest BCUT2D eigenvalue weighted by Crippen LogP contribution is -2.50. The number of carbonyl (C=O) groups excluding carboxylic acids is 2. The first-order valence-corrected chi connectivity index (χ1v) is 12.3. The second-order valence-electron chi connectivity index (χ2n) is 9.03. The van der Waals surface area contributed by atoms with Gasteiger partial charge in [0.2, 0.25) is 5.91 Å². The summed E-state index contributed by atoms with van der Waals surface area (Å²) in [5, 5.41) is 20.9. The van der Waals surface area contributed by atoms with Crippen molar-refractivity contribution in [2.45, 2.75) is 89.1 Å². The number of nitrogens with one attached hydrogen (secondary N) is 4. The van der Waals surface area contributed by atoms with E-state index in [0.29, 0.717) is 6.42 Å². The van der Waals surface area contributed by atoms with Crippen LogP contribution in [0.1, 0.15) is 75.5 Å². The van der Waals surface area contributed by atoms with E-state index >= 15 is 0 Å². The quantitative estimate of drug-likeness (QED) is 0.323. The highest BCUT2D eigenvalue weighted by atomic mass is 16.4. The molecule has 0 spiro atoms. The number of unbranched alkanes of at least 4 members (excludes halogenated alkanes) is 1. The minimum Gasteiger partial charge on any atom is -0.480 e. The van der Waals surface area contributed by atoms with Crippen molar-refractivity contribution < 1.29 is 19.5 Å². The van der Waals surface area contributed by atoms with Crippen molar-refractivity contribution >= 4 is 23.7 Å². The molecule has 1 atom stereocenters. The Morgan fingerprint density at radius 3 is 2.73 bits per heavy atom. The lowest BCUT2D eigenvalue weighted by molar-refractivity contribution is -0.139. The van der Waals surface area contributed by atoms with Crippen LogP contribution in [-0.4, -0.2) is 53.2 Å². The molecule has 1 aromatic heterocycles. The van der Waals surface area contributed by atoms with E-state index in [9.17, 15) is 19.5 Å². The molecular formula is C24H37N5O4. The predicted octanol–water partition coefficient (Wildman–Crippen LogP) is 2.74. The molecule has 9 nitrogen and oxygen atoms in total. The Bertz CT molecular complexity index is 810. The highest BCUT2D eigenvalue weighted by Gasteiger charge is 2.22. The lowest BCUT2D eigenvalue weighted by atomic mass is 9.96. The Balaban J connectivity index is 1.29. The number of anilines is 1. The zero-order valence-electron chi connectivity index (χ0n) is 19.3. The van der Waals surface area contributed by atoms with Crippen LogP contribution in [-0.2, 0) is 22.4 Å². The summed E-state index contributed by atoms with van der Waals surface area (Å²) in [5.41, 5.74) is 2.30. The SMILES string of the molecule is O=C(CCCCc1ccc2c(n1)NCCC2)NCCC(NC(=O)NC1CCCCC1)C(=O)O. The third-order valence-electron chi connectivity index (χ3n) is 6.34. The van der Waals surface area contributed by atoms with Gasteiger partial charge in [0.1, 0.15) is 11.9 Å². The van der Waals surface area contributed by atoms with Crippen LogP contribution in [0.5, 0.6) is 0 Å². The largest absolute Gasteiger partial charge is 0.480 e. The molecule has 3 amide bonds. The normalized spacial score (nSPS) is 16.7. The average molecular weight is 460 g/mol. The Morgan fingerprint density at radius 2 is 1.94 bits per heavy atom. The van der Waals surface area contributed by atoms with Crippen molar-refractivity contribution in [1.82, 2.24) is 20.9 Å². The van der Waals surface area contributed by atoms with E-state index in [0.717, 1.165) is 75.8 Å². The van der Waals surface area contributed by atoms with Crippen LogP contribution in [0.3, 0.4) is 0 Å². The molecule has 182 valence electrons. The summed E-state index contributed by atoms with van der Waals surface area (Å²) in [7, 11) is 0. The smallest absolute Gasteiger partial charge is 0.326 e. The molecule has 1 aliphatic heterocycles. The number of aliphatic carboxylic acids is 1. The number of hydrogen-bond acceptors (Lipinski definition) is 5. The number of rotatable bonds is 11. The average Bonchev–Trinajstić information content (AvgIpc) is 2.81. The number of carbonyl (C=O) groups is 3. The molecule has 1 fully saturated rings. The Morgan fingerprint density at radius 1 is 1.12 bits per heavy atom. The monoisotopic (exact) mass is 459 g/mol. The van der Waals surface area contributed by atoms with Crippen LogP contribution in [0, 0.1) is 0 Å². The molecule has 1 aromatic rings. The Kier molecular flexibility index (Phi) is 9.77. The third-order valence-corrected chi connectivity index (χ3v) is 6.34. The van der Waals surface area contributed by atoms with Crippen molar-refractivity contribution in [1.29, 1.82) is 0 Å². The van der Waals surface area contributed by atoms with Gasteiger partial charge in [0, 0.05) is 31.2 Å². The summed E-state index contributed by atoms with van der Waals surface area (Å²) < 4.78 is 0. The molecule has 5 N–H and O–H groups in total. The second kappa shape index (κ2) is 13.0. The summed E-state index contributed by atoms with van der Waals surface area (Å²) in [4.78, 5) is 40.4. The van der Waals surface area contributed by atoms with Crippen molar-refractivity contribution in [2.24, 2.45) is 0 Å². The number of carboxylic acid groups (broad SMARTS) is 1. The number of fused-ring (bicyclic) bond motifs is 1. The number of aryl methyl sites for hydroxylation is 2. The van der Waals surface area contributed by atoms with Crippen LogP contribution in [0.15, 0.2) is 12.1 Å². The van der Waals surface area contributed by atoms with Crippen molar-refractivity contribution in [2.75, 3.05) is 18.4 Å². The van der Waals surface area contributed by atoms with Crippen molar-refractivity contribution in [3.8, 4) is 0 Å². The topological polar surface area (TPSA) is 132 Å². The molecule has 0 radical (unpaired) electrons. The van der Waals surface area contributed by atoms with Gasteiger partial charge in [0.05, 0.1) is 0 Å². The molecule has 33 heavy (non-hydrogen) atoms. The van der Waals surface area contributed by atoms with E-state index < -0.39 is 18.0 Å². The maximum atomic E-state index is 12.1. The number of carboxylic acids is 1. The van der Waals surface area contributed by atoms with Gasteiger partial charge in [-0.25, -0.2) is 14.6 Å². The lowest BCUT2D eigenvalue weighted by Gasteiger charge is -2.24. The second-order valence-corrected chi connectivity index (χ2v) is 9.03. The van der Waals surface area contributed by atoms with Crippen LogP contribution >= 0.6 is 0 Å². The van der Waals surface area contributed by atoms with Crippen LogP contribution in [0.2, 0.25) is 0 Å². The van der Waals surface area contributed by atoms with Crippen molar-refractivity contribution in [3.05, 3.63) is 23.4 Å². The summed E-state index contributed by atoms with van der Waals surface area (Å²) >= 11 is 0. The first-order valence-electron chi connectivity index (χ1n) is 12.3. The highest BCUT2D eigenvalue weighted by Crippen LogP contribution is 2.20. The maximum Gasteiger partial charge on any atom is 0.326 e. The molecule has 1 saturated carbocycles. The number of nitrogens with zero attached hydrogens (tertiary/aromatic N) is 1. The summed E-state index contributed by atoms with van der Waals surface area (Å²) in [6.07, 6.45) is 10.4. The van der Waals surface area contributed by atoms with Crippen LogP contribution < -0.4 is 21.3 Å². The molecule has 0 bridgehead atoms. The number of urea groups is 1. The number of amides is 3. The van der Waals surface area contributed by atoms with Gasteiger partial charge in [-0.3, -0.25) is 4.79 Å². The summed E-state index contributed by atoms with van der Waals surface area (Å²) in [6, 6.07) is 2.83. The van der Waals surface area contributed by atoms with Gasteiger partial charge < -0.3 is 26.4 Å². The minimum atomic E-state index is -1.10. The Labute approximate surface area is 195 Å². The first kappa shape index (κ1) is 24.8. The van der Waals surface area contributed by atoms with E-state index in [1.165, 1.54) is 12.0 Å². The van der Waals surface area contributed by atoms with Gasteiger partial charge in [-0.15, -0.1) is 0 Å². The molecule has 0 aromatic carbocycles. The van der Waals surface area contributed by atoms with Crippen LogP contribution in [0.4, 0.5) is 10.6 Å². The number of hydrogen-bond donors (Lipinski definition) is 5. The molecule has 2 heterocycles. The maximum absolute atomic E-state index is 12.1. The fraction of sp³-hybridized carbons (Fsp3) is 0.667. The van der Waals surface area contributed by atoms with E-state index in [2.05, 4.69) is 38.4 Å². The van der Waals surface area contributed by atoms with E-state index in [-0.39, 0.29) is 24.9 Å². The predicted molar refractivity (Wildman–Crippen MR) is 126 cm³/mol. The zero-order valence-corrected chi connectivity index (χ0v) is 19.3. The van der Waals surface area contributed by atoms with E-state index in [1.54, 1.807) is 0 Å². The molecule has 1 aliphatic carbocycles. The van der Waals surface area contributed by atoms with E-state index in [4.69, 9.17) is 0 Å². The standard InChI is InChI=1S/C24H37N5O4/c30-21(11-5-4-10-19-13-12-17-7-6-15-26-22(17)27-19)25-16-14-20(23(31)32)29-24(33)28-18-8-2-1-3-9-18/h12-13,18,20H,1-11,14-16H2,(H,25,30)(H,26,27)(H,31,32)(H2,28,29,33). The summed E-state index contributed by atoms with van der Waals surface area (Å²) in [5.74, 6) is -0.216. The molecule has 2 aliphatic rings. The van der Waals surface area contributed by atoms with Gasteiger partial charge in [-0.2, -0.15) is 0 Å². The number of pyridine rings is 1. The third kappa shape index (κ3) is 8.55. The fourth-order valence-corrected chi connectivity index (χ4v) is 4.43. The van der Waals surface area contributed by atoms with Crippen molar-refractivity contribution in [3.63, 3.8) is 0 Å². The van der Waals surface area contributed by atoms with Crippen LogP contribution in [0.25, 0.3) is 0 Å². The molecule has 0 saturated heterocycles. The van der Waals surface area contributed by atoms with Gasteiger partial charge in [0.15, 0.2) is 0 Å². The minimum absolute atomic E-state index is 0.106. The van der Waals surface area contributed by atoms with Gasteiger partial charge in [-0.05, 0) is 63.0 Å².